The molecule has 3 aliphatic rings. The van der Waals surface area contributed by atoms with Crippen molar-refractivity contribution in [2.24, 2.45) is 0 Å². The van der Waals surface area contributed by atoms with E-state index < -0.39 is 36.0 Å². The van der Waals surface area contributed by atoms with Crippen molar-refractivity contribution in [1.82, 2.24) is 0 Å². The lowest BCUT2D eigenvalue weighted by Gasteiger charge is -2.54. The minimum atomic E-state index is -1.10. The summed E-state index contributed by atoms with van der Waals surface area (Å²) < 4.78 is 22.8. The molecule has 0 aromatic rings. The Labute approximate surface area is 112 Å². The van der Waals surface area contributed by atoms with Gasteiger partial charge in [0, 0.05) is 6.42 Å². The summed E-state index contributed by atoms with van der Waals surface area (Å²) in [7, 11) is 0. The van der Waals surface area contributed by atoms with Crippen LogP contribution in [0.3, 0.4) is 0 Å². The molecule has 6 nitrogen and oxygen atoms in total. The van der Waals surface area contributed by atoms with Gasteiger partial charge in [-0.1, -0.05) is 0 Å². The molecule has 3 rings (SSSR count). The molecule has 6 heteroatoms. The van der Waals surface area contributed by atoms with Crippen molar-refractivity contribution in [3.8, 4) is 0 Å². The molecule has 1 unspecified atom stereocenters. The Morgan fingerprint density at radius 3 is 2.53 bits per heavy atom. The highest BCUT2D eigenvalue weighted by Crippen LogP contribution is 2.41. The highest BCUT2D eigenvalue weighted by molar-refractivity contribution is 5.00. The van der Waals surface area contributed by atoms with Crippen LogP contribution in [0.15, 0.2) is 0 Å². The number of hydrogen-bond acceptors (Lipinski definition) is 6. The van der Waals surface area contributed by atoms with E-state index >= 15 is 0 Å². The lowest BCUT2D eigenvalue weighted by Crippen LogP contribution is -2.70. The minimum absolute atomic E-state index is 0.326. The molecular formula is C13H22O6. The zero-order valence-corrected chi connectivity index (χ0v) is 11.4. The predicted molar refractivity (Wildman–Crippen MR) is 64.3 cm³/mol. The maximum Gasteiger partial charge on any atom is 0.197 e. The van der Waals surface area contributed by atoms with Gasteiger partial charge < -0.3 is 29.2 Å². The van der Waals surface area contributed by atoms with Crippen LogP contribution in [0.1, 0.15) is 33.1 Å². The van der Waals surface area contributed by atoms with E-state index in [1.54, 1.807) is 13.8 Å². The van der Waals surface area contributed by atoms with Gasteiger partial charge in [0.2, 0.25) is 0 Å². The topological polar surface area (TPSA) is 77.4 Å². The molecule has 0 aliphatic carbocycles. The zero-order chi connectivity index (χ0) is 13.7. The SMILES string of the molecule is CC1(C)OC[C@H]2OC3(CCCCO3)[C@H](O)[C@@H](O)[C@@H]2O1. The first-order valence-corrected chi connectivity index (χ1v) is 6.93. The lowest BCUT2D eigenvalue weighted by atomic mass is 9.87. The Hall–Kier alpha value is -0.240. The van der Waals surface area contributed by atoms with Crippen LogP contribution < -0.4 is 0 Å². The number of fused-ring (bicyclic) bond motifs is 1. The van der Waals surface area contributed by atoms with Gasteiger partial charge in [0.05, 0.1) is 13.2 Å². The average Bonchev–Trinajstić information content (AvgIpc) is 2.39. The van der Waals surface area contributed by atoms with E-state index in [1.165, 1.54) is 0 Å². The highest BCUT2D eigenvalue weighted by atomic mass is 16.8. The van der Waals surface area contributed by atoms with Gasteiger partial charge in [-0.15, -0.1) is 0 Å². The van der Waals surface area contributed by atoms with Crippen molar-refractivity contribution in [3.63, 3.8) is 0 Å². The van der Waals surface area contributed by atoms with Crippen LogP contribution in [0.25, 0.3) is 0 Å². The van der Waals surface area contributed by atoms with Crippen LogP contribution in [0.5, 0.6) is 0 Å². The molecule has 19 heavy (non-hydrogen) atoms. The molecule has 0 saturated carbocycles. The van der Waals surface area contributed by atoms with Crippen molar-refractivity contribution >= 4 is 0 Å². The first kappa shape index (κ1) is 13.7. The molecule has 0 bridgehead atoms. The third kappa shape index (κ3) is 2.30. The maximum atomic E-state index is 10.3. The summed E-state index contributed by atoms with van der Waals surface area (Å²) in [6.45, 7) is 4.43. The van der Waals surface area contributed by atoms with E-state index in [4.69, 9.17) is 18.9 Å². The molecule has 3 heterocycles. The lowest BCUT2D eigenvalue weighted by molar-refractivity contribution is -0.421. The molecule has 0 radical (unpaired) electrons. The van der Waals surface area contributed by atoms with Gasteiger partial charge >= 0.3 is 0 Å². The van der Waals surface area contributed by atoms with E-state index in [0.29, 0.717) is 19.6 Å². The molecule has 0 aromatic carbocycles. The van der Waals surface area contributed by atoms with Crippen LogP contribution in [0, 0.1) is 0 Å². The first-order valence-electron chi connectivity index (χ1n) is 6.93. The molecule has 3 aliphatic heterocycles. The van der Waals surface area contributed by atoms with E-state index in [2.05, 4.69) is 0 Å². The monoisotopic (exact) mass is 274 g/mol. The van der Waals surface area contributed by atoms with Crippen molar-refractivity contribution in [3.05, 3.63) is 0 Å². The van der Waals surface area contributed by atoms with Crippen LogP contribution in [-0.2, 0) is 18.9 Å². The van der Waals surface area contributed by atoms with Gasteiger partial charge in [-0.25, -0.2) is 0 Å². The van der Waals surface area contributed by atoms with Gasteiger partial charge in [-0.05, 0) is 26.7 Å². The molecule has 2 N–H and O–H groups in total. The number of aliphatic hydroxyl groups excluding tert-OH is 2. The standard InChI is InChI=1S/C13H22O6/c1-12(2)17-7-8-10(19-12)9(14)11(15)13(18-8)5-3-4-6-16-13/h8-11,14-15H,3-7H2,1-2H3/t8-,9+,10-,11-,13?/m1/s1. The van der Waals surface area contributed by atoms with Crippen LogP contribution in [-0.4, -0.2) is 59.4 Å². The van der Waals surface area contributed by atoms with Gasteiger partial charge in [0.15, 0.2) is 11.6 Å². The summed E-state index contributed by atoms with van der Waals surface area (Å²) in [4.78, 5) is 0. The minimum Gasteiger partial charge on any atom is -0.387 e. The third-order valence-electron chi connectivity index (χ3n) is 4.11. The number of ether oxygens (including phenoxy) is 4. The molecule has 5 atom stereocenters. The Bertz CT molecular complexity index is 336. The third-order valence-corrected chi connectivity index (χ3v) is 4.11. The zero-order valence-electron chi connectivity index (χ0n) is 11.4. The van der Waals surface area contributed by atoms with E-state index in [9.17, 15) is 10.2 Å². The van der Waals surface area contributed by atoms with Gasteiger partial charge in [0.25, 0.3) is 0 Å². The second-order valence-corrected chi connectivity index (χ2v) is 6.00. The normalized spacial score (nSPS) is 49.9. The largest absolute Gasteiger partial charge is 0.387 e. The molecule has 1 spiro atoms. The summed E-state index contributed by atoms with van der Waals surface area (Å²) in [5, 5.41) is 20.7. The molecule has 3 saturated heterocycles. The van der Waals surface area contributed by atoms with Crippen molar-refractivity contribution in [2.75, 3.05) is 13.2 Å². The number of hydrogen-bond donors (Lipinski definition) is 2. The summed E-state index contributed by atoms with van der Waals surface area (Å²) in [6.07, 6.45) is -0.684. The molecule has 0 aromatic heterocycles. The number of aliphatic hydroxyl groups is 2. The maximum absolute atomic E-state index is 10.3. The van der Waals surface area contributed by atoms with Crippen LogP contribution in [0.2, 0.25) is 0 Å². The molecule has 0 amide bonds. The first-order chi connectivity index (χ1) is 8.94. The van der Waals surface area contributed by atoms with Crippen molar-refractivity contribution in [1.29, 1.82) is 0 Å². The fraction of sp³-hybridized carbons (Fsp3) is 1.00. The van der Waals surface area contributed by atoms with Crippen LogP contribution >= 0.6 is 0 Å². The predicted octanol–water partition coefficient (Wildman–Crippen LogP) is 0.155. The summed E-state index contributed by atoms with van der Waals surface area (Å²) in [5.74, 6) is -1.88. The molecule has 110 valence electrons. The van der Waals surface area contributed by atoms with Crippen molar-refractivity contribution < 1.29 is 29.2 Å². The quantitative estimate of drug-likeness (QED) is 0.655. The highest BCUT2D eigenvalue weighted by Gasteiger charge is 2.58. The average molecular weight is 274 g/mol. The fourth-order valence-electron chi connectivity index (χ4n) is 3.09. The second kappa shape index (κ2) is 4.65. The Kier molecular flexibility index (Phi) is 3.36. The van der Waals surface area contributed by atoms with Gasteiger partial charge in [-0.2, -0.15) is 0 Å². The van der Waals surface area contributed by atoms with E-state index in [-0.39, 0.29) is 0 Å². The molecular weight excluding hydrogens is 252 g/mol. The van der Waals surface area contributed by atoms with E-state index in [0.717, 1.165) is 12.8 Å². The van der Waals surface area contributed by atoms with E-state index in [1.807, 2.05) is 0 Å². The van der Waals surface area contributed by atoms with Gasteiger partial charge in [-0.3, -0.25) is 0 Å². The summed E-state index contributed by atoms with van der Waals surface area (Å²) in [6, 6.07) is 0. The fourth-order valence-corrected chi connectivity index (χ4v) is 3.09. The molecule has 3 fully saturated rings. The second-order valence-electron chi connectivity index (χ2n) is 6.00. The summed E-state index contributed by atoms with van der Waals surface area (Å²) in [5.41, 5.74) is 0. The Morgan fingerprint density at radius 2 is 1.84 bits per heavy atom. The van der Waals surface area contributed by atoms with Crippen molar-refractivity contribution in [2.45, 2.75) is 69.1 Å². The van der Waals surface area contributed by atoms with Gasteiger partial charge in [0.1, 0.15) is 24.4 Å². The summed E-state index contributed by atoms with van der Waals surface area (Å²) >= 11 is 0. The smallest absolute Gasteiger partial charge is 0.197 e. The number of rotatable bonds is 0. The Morgan fingerprint density at radius 1 is 1.05 bits per heavy atom. The van der Waals surface area contributed by atoms with Crippen LogP contribution in [0.4, 0.5) is 0 Å². The Balaban J connectivity index is 1.81.